The van der Waals surface area contributed by atoms with Gasteiger partial charge in [0.15, 0.2) is 5.69 Å². The van der Waals surface area contributed by atoms with Gasteiger partial charge in [0.05, 0.1) is 11.4 Å². The van der Waals surface area contributed by atoms with Crippen molar-refractivity contribution < 1.29 is 4.79 Å². The van der Waals surface area contributed by atoms with E-state index in [0.29, 0.717) is 10.7 Å². The number of carbonyl (C=O) groups is 1. The molecule has 0 aliphatic rings. The van der Waals surface area contributed by atoms with Crippen LogP contribution in [0.4, 0.5) is 0 Å². The maximum absolute atomic E-state index is 11.0. The lowest BCUT2D eigenvalue weighted by atomic mass is 10.3. The number of benzene rings is 1. The van der Waals surface area contributed by atoms with Crippen molar-refractivity contribution in [3.05, 3.63) is 40.7 Å². The molecule has 6 heteroatoms. The second-order valence-corrected chi connectivity index (χ2v) is 3.71. The molecule has 0 unspecified atom stereocenters. The molecule has 16 heavy (non-hydrogen) atoms. The Labute approximate surface area is 96.8 Å². The van der Waals surface area contributed by atoms with Crippen molar-refractivity contribution in [2.45, 2.75) is 6.92 Å². The lowest BCUT2D eigenvalue weighted by molar-refractivity contribution is 0.0995. The van der Waals surface area contributed by atoms with Crippen LogP contribution in [-0.2, 0) is 0 Å². The molecule has 1 heterocycles. The van der Waals surface area contributed by atoms with Gasteiger partial charge < -0.3 is 5.73 Å². The zero-order valence-corrected chi connectivity index (χ0v) is 9.27. The second kappa shape index (κ2) is 3.94. The van der Waals surface area contributed by atoms with Crippen molar-refractivity contribution >= 4 is 17.5 Å². The largest absolute Gasteiger partial charge is 0.364 e. The van der Waals surface area contributed by atoms with Gasteiger partial charge in [0.25, 0.3) is 5.91 Å². The number of carbonyl (C=O) groups excluding carboxylic acids is 1. The number of nitrogens with two attached hydrogens (primary N) is 1. The Bertz CT molecular complexity index is 532. The zero-order chi connectivity index (χ0) is 11.7. The first-order valence-corrected chi connectivity index (χ1v) is 4.95. The molecule has 0 saturated carbocycles. The fourth-order valence-electron chi connectivity index (χ4n) is 1.38. The number of aromatic nitrogens is 3. The van der Waals surface area contributed by atoms with Crippen LogP contribution in [0.3, 0.4) is 0 Å². The Morgan fingerprint density at radius 1 is 1.38 bits per heavy atom. The molecule has 1 aromatic carbocycles. The van der Waals surface area contributed by atoms with Gasteiger partial charge in [-0.05, 0) is 31.2 Å². The molecule has 2 aromatic rings. The molecule has 5 nitrogen and oxygen atoms in total. The number of primary amides is 1. The average molecular weight is 237 g/mol. The Morgan fingerprint density at radius 3 is 2.50 bits per heavy atom. The lowest BCUT2D eigenvalue weighted by Gasteiger charge is -2.02. The molecule has 2 N–H and O–H groups in total. The average Bonchev–Trinajstić information content (AvgIpc) is 2.61. The predicted molar refractivity (Wildman–Crippen MR) is 59.6 cm³/mol. The third kappa shape index (κ3) is 1.77. The molecule has 82 valence electrons. The van der Waals surface area contributed by atoms with Crippen LogP contribution in [0, 0.1) is 6.92 Å². The van der Waals surface area contributed by atoms with Gasteiger partial charge in [-0.15, -0.1) is 5.10 Å². The Hall–Kier alpha value is -1.88. The van der Waals surface area contributed by atoms with E-state index in [1.54, 1.807) is 31.2 Å². The third-order valence-corrected chi connectivity index (χ3v) is 2.45. The van der Waals surface area contributed by atoms with E-state index in [-0.39, 0.29) is 5.69 Å². The molecular weight excluding hydrogens is 228 g/mol. The minimum absolute atomic E-state index is 0.176. The van der Waals surface area contributed by atoms with Crippen LogP contribution >= 0.6 is 11.6 Å². The molecule has 1 aromatic heterocycles. The molecule has 0 aliphatic carbocycles. The van der Waals surface area contributed by atoms with Crippen LogP contribution in [-0.4, -0.2) is 20.9 Å². The highest BCUT2D eigenvalue weighted by atomic mass is 35.5. The third-order valence-electron chi connectivity index (χ3n) is 2.20. The van der Waals surface area contributed by atoms with E-state index >= 15 is 0 Å². The quantitative estimate of drug-likeness (QED) is 0.855. The van der Waals surface area contributed by atoms with Crippen molar-refractivity contribution in [1.82, 2.24) is 15.0 Å². The van der Waals surface area contributed by atoms with E-state index in [9.17, 15) is 4.79 Å². The Kier molecular flexibility index (Phi) is 2.62. The van der Waals surface area contributed by atoms with E-state index in [4.69, 9.17) is 17.3 Å². The monoisotopic (exact) mass is 236 g/mol. The van der Waals surface area contributed by atoms with Crippen molar-refractivity contribution in [2.24, 2.45) is 5.73 Å². The van der Waals surface area contributed by atoms with Gasteiger partial charge in [-0.2, -0.15) is 0 Å². The highest BCUT2D eigenvalue weighted by Crippen LogP contribution is 2.15. The smallest absolute Gasteiger partial charge is 0.271 e. The molecular formula is C10H9ClN4O. The predicted octanol–water partition coefficient (Wildman–Crippen LogP) is 1.33. The number of rotatable bonds is 2. The van der Waals surface area contributed by atoms with E-state index in [2.05, 4.69) is 10.3 Å². The summed E-state index contributed by atoms with van der Waals surface area (Å²) >= 11 is 5.78. The molecule has 0 spiro atoms. The van der Waals surface area contributed by atoms with Crippen LogP contribution in [0.5, 0.6) is 0 Å². The SMILES string of the molecule is Cc1c(C(N)=O)nnn1-c1ccc(Cl)cc1. The van der Waals surface area contributed by atoms with E-state index in [1.807, 2.05) is 0 Å². The van der Waals surface area contributed by atoms with Gasteiger partial charge >= 0.3 is 0 Å². The molecule has 0 aliphatic heterocycles. The summed E-state index contributed by atoms with van der Waals surface area (Å²) in [7, 11) is 0. The van der Waals surface area contributed by atoms with Crippen LogP contribution in [0.15, 0.2) is 24.3 Å². The summed E-state index contributed by atoms with van der Waals surface area (Å²) in [6, 6.07) is 7.05. The minimum Gasteiger partial charge on any atom is -0.364 e. The molecule has 1 amide bonds. The number of hydrogen-bond donors (Lipinski definition) is 1. The molecule has 0 atom stereocenters. The molecule has 0 fully saturated rings. The van der Waals surface area contributed by atoms with Crippen LogP contribution < -0.4 is 5.73 Å². The summed E-state index contributed by atoms with van der Waals surface area (Å²) in [6.07, 6.45) is 0. The first kappa shape index (κ1) is 10.6. The van der Waals surface area contributed by atoms with Crippen LogP contribution in [0.25, 0.3) is 5.69 Å². The fraction of sp³-hybridized carbons (Fsp3) is 0.100. The van der Waals surface area contributed by atoms with Crippen molar-refractivity contribution in [2.75, 3.05) is 0 Å². The standard InChI is InChI=1S/C10H9ClN4O/c1-6-9(10(12)16)13-14-15(6)8-4-2-7(11)3-5-8/h2-5H,1H3,(H2,12,16). The summed E-state index contributed by atoms with van der Waals surface area (Å²) in [5.41, 5.74) is 6.72. The summed E-state index contributed by atoms with van der Waals surface area (Å²) in [5.74, 6) is -0.585. The molecule has 0 saturated heterocycles. The van der Waals surface area contributed by atoms with Crippen molar-refractivity contribution in [1.29, 1.82) is 0 Å². The summed E-state index contributed by atoms with van der Waals surface area (Å²) in [5, 5.41) is 8.21. The highest BCUT2D eigenvalue weighted by Gasteiger charge is 2.13. The number of amides is 1. The van der Waals surface area contributed by atoms with Gasteiger partial charge in [0, 0.05) is 5.02 Å². The molecule has 0 bridgehead atoms. The van der Waals surface area contributed by atoms with Gasteiger partial charge in [-0.3, -0.25) is 4.79 Å². The number of nitrogens with zero attached hydrogens (tertiary/aromatic N) is 3. The minimum atomic E-state index is -0.585. The van der Waals surface area contributed by atoms with E-state index in [0.717, 1.165) is 5.69 Å². The normalized spacial score (nSPS) is 10.4. The van der Waals surface area contributed by atoms with Gasteiger partial charge in [-0.1, -0.05) is 16.8 Å². The summed E-state index contributed by atoms with van der Waals surface area (Å²) < 4.78 is 1.54. The van der Waals surface area contributed by atoms with Crippen molar-refractivity contribution in [3.8, 4) is 5.69 Å². The van der Waals surface area contributed by atoms with Crippen LogP contribution in [0.2, 0.25) is 5.02 Å². The van der Waals surface area contributed by atoms with Crippen LogP contribution in [0.1, 0.15) is 16.2 Å². The van der Waals surface area contributed by atoms with Crippen molar-refractivity contribution in [3.63, 3.8) is 0 Å². The second-order valence-electron chi connectivity index (χ2n) is 3.28. The zero-order valence-electron chi connectivity index (χ0n) is 8.51. The Balaban J connectivity index is 2.49. The van der Waals surface area contributed by atoms with Gasteiger partial charge in [0.1, 0.15) is 0 Å². The van der Waals surface area contributed by atoms with Gasteiger partial charge in [-0.25, -0.2) is 4.68 Å². The number of hydrogen-bond acceptors (Lipinski definition) is 3. The van der Waals surface area contributed by atoms with E-state index < -0.39 is 5.91 Å². The maximum Gasteiger partial charge on any atom is 0.271 e. The van der Waals surface area contributed by atoms with E-state index in [1.165, 1.54) is 4.68 Å². The molecule has 2 rings (SSSR count). The Morgan fingerprint density at radius 2 is 2.00 bits per heavy atom. The first-order chi connectivity index (χ1) is 7.59. The van der Waals surface area contributed by atoms with Gasteiger partial charge in [0.2, 0.25) is 0 Å². The first-order valence-electron chi connectivity index (χ1n) is 4.57. The fourth-order valence-corrected chi connectivity index (χ4v) is 1.51. The number of halogens is 1. The summed E-state index contributed by atoms with van der Waals surface area (Å²) in [4.78, 5) is 11.0. The maximum atomic E-state index is 11.0. The summed E-state index contributed by atoms with van der Waals surface area (Å²) in [6.45, 7) is 1.73. The lowest BCUT2D eigenvalue weighted by Crippen LogP contribution is -2.13. The highest BCUT2D eigenvalue weighted by molar-refractivity contribution is 6.30. The topological polar surface area (TPSA) is 73.8 Å². The molecule has 0 radical (unpaired) electrons.